The van der Waals surface area contributed by atoms with Crippen LogP contribution >= 0.6 is 0 Å². The third-order valence-corrected chi connectivity index (χ3v) is 4.28. The topological polar surface area (TPSA) is 56.5 Å². The van der Waals surface area contributed by atoms with Crippen molar-refractivity contribution in [1.82, 2.24) is 0 Å². The summed E-state index contributed by atoms with van der Waals surface area (Å²) in [4.78, 5) is 23.9. The van der Waals surface area contributed by atoms with Crippen LogP contribution in [0.4, 0.5) is 0 Å². The zero-order chi connectivity index (χ0) is 16.2. The summed E-state index contributed by atoms with van der Waals surface area (Å²) in [5.74, 6) is -0.265. The number of allylic oxidation sites excluding steroid dienone is 2. The van der Waals surface area contributed by atoms with Gasteiger partial charge in [-0.15, -0.1) is 0 Å². The highest BCUT2D eigenvalue weighted by Crippen LogP contribution is 2.22. The lowest BCUT2D eigenvalue weighted by molar-refractivity contribution is -0.150. The molecule has 0 unspecified atom stereocenters. The van der Waals surface area contributed by atoms with E-state index in [1.165, 1.54) is 6.07 Å². The summed E-state index contributed by atoms with van der Waals surface area (Å²) in [7, 11) is 0. The van der Waals surface area contributed by atoms with E-state index in [9.17, 15) is 9.59 Å². The third kappa shape index (κ3) is 3.52. The summed E-state index contributed by atoms with van der Waals surface area (Å²) in [6.07, 6.45) is 7.45. The molecule has 1 aliphatic rings. The van der Waals surface area contributed by atoms with Crippen LogP contribution in [0.2, 0.25) is 0 Å². The van der Waals surface area contributed by atoms with E-state index in [1.807, 2.05) is 31.2 Å². The Hall–Kier alpha value is -2.36. The maximum atomic E-state index is 12.1. The minimum Gasteiger partial charge on any atom is -0.461 e. The van der Waals surface area contributed by atoms with Gasteiger partial charge in [0, 0.05) is 17.0 Å². The number of ether oxygens (including phenoxy) is 1. The first kappa shape index (κ1) is 15.5. The van der Waals surface area contributed by atoms with Gasteiger partial charge in [-0.05, 0) is 37.3 Å². The molecule has 1 aliphatic carbocycles. The van der Waals surface area contributed by atoms with E-state index in [0.717, 1.165) is 36.6 Å². The fraction of sp³-hybridized carbons (Fsp3) is 0.368. The van der Waals surface area contributed by atoms with Crippen molar-refractivity contribution in [3.63, 3.8) is 0 Å². The van der Waals surface area contributed by atoms with Gasteiger partial charge in [-0.2, -0.15) is 0 Å². The second-order valence-electron chi connectivity index (χ2n) is 5.86. The van der Waals surface area contributed by atoms with Gasteiger partial charge in [-0.25, -0.2) is 4.79 Å². The molecule has 0 aliphatic heterocycles. The van der Waals surface area contributed by atoms with Crippen molar-refractivity contribution in [2.45, 2.75) is 39.2 Å². The number of fused-ring (bicyclic) bond motifs is 1. The van der Waals surface area contributed by atoms with Crippen molar-refractivity contribution < 1.29 is 13.9 Å². The summed E-state index contributed by atoms with van der Waals surface area (Å²) >= 11 is 0. The molecule has 0 fully saturated rings. The zero-order valence-corrected chi connectivity index (χ0v) is 13.2. The highest BCUT2D eigenvalue weighted by atomic mass is 16.5. The Balaban J connectivity index is 1.80. The summed E-state index contributed by atoms with van der Waals surface area (Å²) < 4.78 is 10.7. The fourth-order valence-electron chi connectivity index (χ4n) is 2.89. The maximum absolute atomic E-state index is 12.1. The molecule has 1 aromatic carbocycles. The van der Waals surface area contributed by atoms with Gasteiger partial charge in [0.25, 0.3) is 0 Å². The Morgan fingerprint density at radius 3 is 2.91 bits per heavy atom. The predicted octanol–water partition coefficient (Wildman–Crippen LogP) is 3.75. The van der Waals surface area contributed by atoms with Gasteiger partial charge in [0.05, 0.1) is 5.92 Å². The summed E-state index contributed by atoms with van der Waals surface area (Å²) in [6.45, 7) is 2.15. The summed E-state index contributed by atoms with van der Waals surface area (Å²) in [6, 6.07) is 7.19. The number of carbonyl (C=O) groups excluding carboxylic acids is 1. The second-order valence-corrected chi connectivity index (χ2v) is 5.86. The van der Waals surface area contributed by atoms with E-state index in [-0.39, 0.29) is 18.5 Å². The predicted molar refractivity (Wildman–Crippen MR) is 88.1 cm³/mol. The van der Waals surface area contributed by atoms with Crippen molar-refractivity contribution in [1.29, 1.82) is 0 Å². The molecule has 0 N–H and O–H groups in total. The molecule has 4 nitrogen and oxygen atoms in total. The minimum atomic E-state index is -0.419. The Kier molecular flexibility index (Phi) is 4.60. The minimum absolute atomic E-state index is 0.0712. The van der Waals surface area contributed by atoms with Crippen LogP contribution in [0.1, 0.15) is 37.3 Å². The lowest BCUT2D eigenvalue weighted by atomic mass is 9.95. The van der Waals surface area contributed by atoms with E-state index in [0.29, 0.717) is 11.1 Å². The second kappa shape index (κ2) is 6.82. The normalized spacial score (nSPS) is 17.3. The van der Waals surface area contributed by atoms with Gasteiger partial charge in [-0.3, -0.25) is 4.79 Å². The Labute approximate surface area is 134 Å². The highest BCUT2D eigenvalue weighted by Gasteiger charge is 2.20. The van der Waals surface area contributed by atoms with E-state index in [1.54, 1.807) is 0 Å². The fourth-order valence-corrected chi connectivity index (χ4v) is 2.89. The van der Waals surface area contributed by atoms with Crippen LogP contribution in [0.3, 0.4) is 0 Å². The highest BCUT2D eigenvalue weighted by molar-refractivity contribution is 5.81. The molecule has 0 amide bonds. The van der Waals surface area contributed by atoms with Crippen molar-refractivity contribution in [3.05, 3.63) is 58.0 Å². The number of hydrogen-bond acceptors (Lipinski definition) is 4. The monoisotopic (exact) mass is 312 g/mol. The Bertz CT molecular complexity index is 801. The molecule has 0 saturated carbocycles. The summed E-state index contributed by atoms with van der Waals surface area (Å²) in [5.41, 5.74) is 1.92. The molecule has 2 aromatic rings. The molecule has 0 saturated heterocycles. The average Bonchev–Trinajstić information content (AvgIpc) is 2.59. The van der Waals surface area contributed by atoms with Gasteiger partial charge in [0.1, 0.15) is 12.2 Å². The van der Waals surface area contributed by atoms with Crippen LogP contribution in [0.5, 0.6) is 0 Å². The Morgan fingerprint density at radius 1 is 1.30 bits per heavy atom. The van der Waals surface area contributed by atoms with Crippen LogP contribution in [0.15, 0.2) is 45.6 Å². The van der Waals surface area contributed by atoms with Gasteiger partial charge in [0.15, 0.2) is 0 Å². The van der Waals surface area contributed by atoms with Gasteiger partial charge in [-0.1, -0.05) is 31.2 Å². The SMILES string of the molecule is CCc1ccc2c(COC(=O)[C@H]3CC=CCC3)cc(=O)oc2c1. The van der Waals surface area contributed by atoms with Gasteiger partial charge >= 0.3 is 11.6 Å². The first-order valence-electron chi connectivity index (χ1n) is 8.04. The lowest BCUT2D eigenvalue weighted by Crippen LogP contribution is -2.19. The van der Waals surface area contributed by atoms with E-state index < -0.39 is 5.63 Å². The van der Waals surface area contributed by atoms with Crippen LogP contribution in [0, 0.1) is 5.92 Å². The van der Waals surface area contributed by atoms with Gasteiger partial charge in [0.2, 0.25) is 0 Å². The molecule has 1 heterocycles. The van der Waals surface area contributed by atoms with E-state index >= 15 is 0 Å². The van der Waals surface area contributed by atoms with Crippen molar-refractivity contribution in [3.8, 4) is 0 Å². The zero-order valence-electron chi connectivity index (χ0n) is 13.2. The van der Waals surface area contributed by atoms with Crippen LogP contribution in [-0.4, -0.2) is 5.97 Å². The lowest BCUT2D eigenvalue weighted by Gasteiger charge is -2.16. The first-order chi connectivity index (χ1) is 11.2. The maximum Gasteiger partial charge on any atom is 0.336 e. The molecule has 0 spiro atoms. The number of rotatable bonds is 4. The largest absolute Gasteiger partial charge is 0.461 e. The van der Waals surface area contributed by atoms with Gasteiger partial charge < -0.3 is 9.15 Å². The number of esters is 1. The molecular formula is C19H20O4. The smallest absolute Gasteiger partial charge is 0.336 e. The standard InChI is InChI=1S/C19H20O4/c1-2-13-8-9-16-15(11-18(20)23-17(16)10-13)12-22-19(21)14-6-4-3-5-7-14/h3-4,8-11,14H,2,5-7,12H2,1H3/t14-/m0/s1. The van der Waals surface area contributed by atoms with E-state index in [4.69, 9.17) is 9.15 Å². The third-order valence-electron chi connectivity index (χ3n) is 4.28. The first-order valence-corrected chi connectivity index (χ1v) is 8.04. The van der Waals surface area contributed by atoms with Crippen LogP contribution in [-0.2, 0) is 22.6 Å². The molecular weight excluding hydrogens is 292 g/mol. The molecule has 4 heteroatoms. The summed E-state index contributed by atoms with van der Waals surface area (Å²) in [5, 5.41) is 0.818. The average molecular weight is 312 g/mol. The number of benzene rings is 1. The molecule has 0 radical (unpaired) electrons. The molecule has 3 rings (SSSR count). The Morgan fingerprint density at radius 2 is 2.17 bits per heavy atom. The van der Waals surface area contributed by atoms with Crippen molar-refractivity contribution in [2.24, 2.45) is 5.92 Å². The molecule has 1 aromatic heterocycles. The quantitative estimate of drug-likeness (QED) is 0.490. The number of hydrogen-bond donors (Lipinski definition) is 0. The molecule has 1 atom stereocenters. The van der Waals surface area contributed by atoms with Crippen molar-refractivity contribution >= 4 is 16.9 Å². The van der Waals surface area contributed by atoms with Crippen molar-refractivity contribution in [2.75, 3.05) is 0 Å². The van der Waals surface area contributed by atoms with Crippen LogP contribution in [0.25, 0.3) is 11.0 Å². The molecule has 23 heavy (non-hydrogen) atoms. The molecule has 120 valence electrons. The van der Waals surface area contributed by atoms with Crippen LogP contribution < -0.4 is 5.63 Å². The van der Waals surface area contributed by atoms with E-state index in [2.05, 4.69) is 6.08 Å². The number of carbonyl (C=O) groups is 1. The molecule has 0 bridgehead atoms. The number of aryl methyl sites for hydroxylation is 1.